The summed E-state index contributed by atoms with van der Waals surface area (Å²) in [6.45, 7) is 2.70. The zero-order chi connectivity index (χ0) is 12.3. The monoisotopic (exact) mass is 235 g/mol. The average Bonchev–Trinajstić information content (AvgIpc) is 2.38. The highest BCUT2D eigenvalue weighted by Gasteiger charge is 2.44. The lowest BCUT2D eigenvalue weighted by Crippen LogP contribution is -2.51. The van der Waals surface area contributed by atoms with E-state index in [1.54, 1.807) is 7.05 Å². The van der Waals surface area contributed by atoms with E-state index in [1.165, 1.54) is 0 Å². The van der Waals surface area contributed by atoms with E-state index >= 15 is 0 Å². The van der Waals surface area contributed by atoms with Gasteiger partial charge in [0.25, 0.3) is 0 Å². The van der Waals surface area contributed by atoms with E-state index in [4.69, 9.17) is 9.47 Å². The van der Waals surface area contributed by atoms with Crippen molar-refractivity contribution in [2.75, 3.05) is 20.3 Å². The first-order valence-electron chi connectivity index (χ1n) is 5.83. The van der Waals surface area contributed by atoms with Crippen molar-refractivity contribution < 1.29 is 14.3 Å². The summed E-state index contributed by atoms with van der Waals surface area (Å²) < 4.78 is 10.7. The standard InChI is InChI=1S/C13H17NO3/c1-3-16-12(15)13(14-2)8-9-17-11-7-5-4-6-10(11)13/h4-7,14H,3,8-9H2,1-2H3. The number of ether oxygens (including phenoxy) is 2. The zero-order valence-electron chi connectivity index (χ0n) is 10.2. The summed E-state index contributed by atoms with van der Waals surface area (Å²) in [4.78, 5) is 12.2. The van der Waals surface area contributed by atoms with Crippen molar-refractivity contribution in [2.24, 2.45) is 0 Å². The Balaban J connectivity index is 2.45. The maximum Gasteiger partial charge on any atom is 0.331 e. The molecule has 1 unspecified atom stereocenters. The molecule has 0 bridgehead atoms. The molecular formula is C13H17NO3. The van der Waals surface area contributed by atoms with Gasteiger partial charge in [-0.15, -0.1) is 0 Å². The molecule has 1 aliphatic heterocycles. The summed E-state index contributed by atoms with van der Waals surface area (Å²) in [6.07, 6.45) is 0.583. The van der Waals surface area contributed by atoms with Crippen molar-refractivity contribution in [1.82, 2.24) is 5.32 Å². The van der Waals surface area contributed by atoms with Crippen molar-refractivity contribution in [3.8, 4) is 5.75 Å². The van der Waals surface area contributed by atoms with Gasteiger partial charge in [0.15, 0.2) is 0 Å². The highest BCUT2D eigenvalue weighted by molar-refractivity contribution is 5.84. The van der Waals surface area contributed by atoms with Crippen molar-refractivity contribution in [3.05, 3.63) is 29.8 Å². The van der Waals surface area contributed by atoms with Gasteiger partial charge in [0, 0.05) is 12.0 Å². The van der Waals surface area contributed by atoms with Crippen LogP contribution in [0.15, 0.2) is 24.3 Å². The van der Waals surface area contributed by atoms with Gasteiger partial charge in [-0.25, -0.2) is 4.79 Å². The summed E-state index contributed by atoms with van der Waals surface area (Å²) >= 11 is 0. The van der Waals surface area contributed by atoms with Gasteiger partial charge in [-0.1, -0.05) is 18.2 Å². The quantitative estimate of drug-likeness (QED) is 0.805. The normalized spacial score (nSPS) is 22.5. The molecule has 0 fully saturated rings. The second-order valence-corrected chi connectivity index (χ2v) is 3.97. The van der Waals surface area contributed by atoms with E-state index in [0.29, 0.717) is 19.6 Å². The van der Waals surface area contributed by atoms with Crippen molar-refractivity contribution in [3.63, 3.8) is 0 Å². The number of rotatable bonds is 3. The van der Waals surface area contributed by atoms with Gasteiger partial charge in [-0.3, -0.25) is 0 Å². The van der Waals surface area contributed by atoms with E-state index in [9.17, 15) is 4.79 Å². The van der Waals surface area contributed by atoms with Crippen LogP contribution in [0, 0.1) is 0 Å². The average molecular weight is 235 g/mol. The van der Waals surface area contributed by atoms with E-state index in [-0.39, 0.29) is 5.97 Å². The fourth-order valence-corrected chi connectivity index (χ4v) is 2.22. The van der Waals surface area contributed by atoms with Crippen LogP contribution >= 0.6 is 0 Å². The van der Waals surface area contributed by atoms with Gasteiger partial charge in [0.05, 0.1) is 13.2 Å². The molecule has 0 saturated carbocycles. The lowest BCUT2D eigenvalue weighted by Gasteiger charge is -2.36. The number of esters is 1. The molecule has 0 radical (unpaired) electrons. The van der Waals surface area contributed by atoms with Crippen LogP contribution in [-0.2, 0) is 15.1 Å². The van der Waals surface area contributed by atoms with Gasteiger partial charge >= 0.3 is 5.97 Å². The van der Waals surface area contributed by atoms with Crippen LogP contribution in [0.25, 0.3) is 0 Å². The minimum atomic E-state index is -0.773. The SMILES string of the molecule is CCOC(=O)C1(NC)CCOc2ccccc21. The number of para-hydroxylation sites is 1. The van der Waals surface area contributed by atoms with Crippen LogP contribution < -0.4 is 10.1 Å². The maximum absolute atomic E-state index is 12.2. The van der Waals surface area contributed by atoms with E-state index in [1.807, 2.05) is 31.2 Å². The number of nitrogens with one attached hydrogen (secondary N) is 1. The van der Waals surface area contributed by atoms with Crippen LogP contribution in [0.1, 0.15) is 18.9 Å². The molecule has 0 aromatic heterocycles. The summed E-state index contributed by atoms with van der Waals surface area (Å²) in [5, 5.41) is 3.10. The van der Waals surface area contributed by atoms with E-state index < -0.39 is 5.54 Å². The summed E-state index contributed by atoms with van der Waals surface area (Å²) in [7, 11) is 1.78. The second kappa shape index (κ2) is 4.75. The van der Waals surface area contributed by atoms with Gasteiger partial charge in [-0.05, 0) is 20.0 Å². The van der Waals surface area contributed by atoms with Crippen molar-refractivity contribution >= 4 is 5.97 Å². The number of fused-ring (bicyclic) bond motifs is 1. The summed E-state index contributed by atoms with van der Waals surface area (Å²) in [6, 6.07) is 7.58. The Labute approximate surface area is 101 Å². The molecule has 92 valence electrons. The Morgan fingerprint density at radius 3 is 3.00 bits per heavy atom. The molecule has 1 atom stereocenters. The first-order valence-corrected chi connectivity index (χ1v) is 5.83. The van der Waals surface area contributed by atoms with Crippen molar-refractivity contribution in [2.45, 2.75) is 18.9 Å². The van der Waals surface area contributed by atoms with Crippen LogP contribution in [0.4, 0.5) is 0 Å². The third kappa shape index (κ3) is 1.89. The summed E-state index contributed by atoms with van der Waals surface area (Å²) in [5.41, 5.74) is 0.0809. The largest absolute Gasteiger partial charge is 0.493 e. The molecular weight excluding hydrogens is 218 g/mol. The number of likely N-dealkylation sites (N-methyl/N-ethyl adjacent to an activating group) is 1. The highest BCUT2D eigenvalue weighted by Crippen LogP contribution is 2.37. The topological polar surface area (TPSA) is 47.6 Å². The molecule has 0 amide bonds. The lowest BCUT2D eigenvalue weighted by molar-refractivity contribution is -0.153. The summed E-state index contributed by atoms with van der Waals surface area (Å²) in [5.74, 6) is 0.513. The molecule has 1 heterocycles. The molecule has 1 N–H and O–H groups in total. The minimum Gasteiger partial charge on any atom is -0.493 e. The molecule has 0 aliphatic carbocycles. The van der Waals surface area contributed by atoms with Gasteiger partial charge in [0.2, 0.25) is 0 Å². The molecule has 1 aromatic rings. The second-order valence-electron chi connectivity index (χ2n) is 3.97. The molecule has 1 aromatic carbocycles. The van der Waals surface area contributed by atoms with E-state index in [2.05, 4.69) is 5.32 Å². The zero-order valence-corrected chi connectivity index (χ0v) is 10.2. The Hall–Kier alpha value is -1.55. The van der Waals surface area contributed by atoms with E-state index in [0.717, 1.165) is 11.3 Å². The molecule has 1 aliphatic rings. The number of carbonyl (C=O) groups excluding carboxylic acids is 1. The fourth-order valence-electron chi connectivity index (χ4n) is 2.22. The Bertz CT molecular complexity index is 419. The minimum absolute atomic E-state index is 0.238. The molecule has 17 heavy (non-hydrogen) atoms. The Morgan fingerprint density at radius 1 is 1.53 bits per heavy atom. The van der Waals surface area contributed by atoms with Crippen LogP contribution in [0.3, 0.4) is 0 Å². The number of benzene rings is 1. The van der Waals surface area contributed by atoms with Gasteiger partial charge < -0.3 is 14.8 Å². The van der Waals surface area contributed by atoms with Crippen LogP contribution in [-0.4, -0.2) is 26.2 Å². The van der Waals surface area contributed by atoms with Crippen LogP contribution in [0.2, 0.25) is 0 Å². The maximum atomic E-state index is 12.2. The smallest absolute Gasteiger partial charge is 0.331 e. The molecule has 0 saturated heterocycles. The third-order valence-electron chi connectivity index (χ3n) is 3.13. The number of hydrogen-bond acceptors (Lipinski definition) is 4. The van der Waals surface area contributed by atoms with Crippen molar-refractivity contribution in [1.29, 1.82) is 0 Å². The van der Waals surface area contributed by atoms with Gasteiger partial charge in [0.1, 0.15) is 11.3 Å². The lowest BCUT2D eigenvalue weighted by atomic mass is 9.84. The van der Waals surface area contributed by atoms with Crippen LogP contribution in [0.5, 0.6) is 5.75 Å². The molecule has 2 rings (SSSR count). The first kappa shape index (κ1) is 11.9. The highest BCUT2D eigenvalue weighted by atomic mass is 16.5. The predicted molar refractivity (Wildman–Crippen MR) is 63.9 cm³/mol. The number of carbonyl (C=O) groups is 1. The first-order chi connectivity index (χ1) is 8.24. The fraction of sp³-hybridized carbons (Fsp3) is 0.462. The van der Waals surface area contributed by atoms with Gasteiger partial charge in [-0.2, -0.15) is 0 Å². The third-order valence-corrected chi connectivity index (χ3v) is 3.13. The Kier molecular flexibility index (Phi) is 3.33. The Morgan fingerprint density at radius 2 is 2.29 bits per heavy atom. The molecule has 4 nitrogen and oxygen atoms in total. The predicted octanol–water partition coefficient (Wildman–Crippen LogP) is 1.45. The molecule has 4 heteroatoms. The number of hydrogen-bond donors (Lipinski definition) is 1. The molecule has 0 spiro atoms.